The molecule has 6 nitrogen and oxygen atoms in total. The van der Waals surface area contributed by atoms with Crippen molar-refractivity contribution < 1.29 is 23.1 Å². The summed E-state index contributed by atoms with van der Waals surface area (Å²) in [6.45, 7) is 3.70. The molecule has 2 N–H and O–H groups in total. The van der Waals surface area contributed by atoms with Crippen molar-refractivity contribution in [3.63, 3.8) is 0 Å². The van der Waals surface area contributed by atoms with Crippen LogP contribution in [0.15, 0.2) is 71.6 Å². The number of para-hydroxylation sites is 1. The molecular weight excluding hydrogens is 450 g/mol. The maximum Gasteiger partial charge on any atom is 0.303 e. The second-order valence-electron chi connectivity index (χ2n) is 8.41. The molecule has 0 saturated heterocycles. The third kappa shape index (κ3) is 7.35. The number of hydrogen-bond donors (Lipinski definition) is 2. The van der Waals surface area contributed by atoms with E-state index in [-0.39, 0.29) is 11.3 Å². The van der Waals surface area contributed by atoms with E-state index in [0.717, 1.165) is 42.4 Å². The van der Waals surface area contributed by atoms with Gasteiger partial charge in [0.05, 0.1) is 10.6 Å². The van der Waals surface area contributed by atoms with E-state index < -0.39 is 16.0 Å². The van der Waals surface area contributed by atoms with Crippen molar-refractivity contribution in [3.05, 3.63) is 83.4 Å². The Kier molecular flexibility index (Phi) is 8.71. The molecule has 0 saturated carbocycles. The first-order valence-corrected chi connectivity index (χ1v) is 12.9. The monoisotopic (exact) mass is 481 g/mol. The molecule has 0 aliphatic rings. The van der Waals surface area contributed by atoms with Crippen molar-refractivity contribution in [1.29, 1.82) is 0 Å². The number of aliphatic carboxylic acids is 1. The van der Waals surface area contributed by atoms with Gasteiger partial charge in [0, 0.05) is 6.42 Å². The molecule has 0 fully saturated rings. The lowest BCUT2D eigenvalue weighted by molar-refractivity contribution is -0.137. The molecule has 0 aliphatic heterocycles. The summed E-state index contributed by atoms with van der Waals surface area (Å²) in [5, 5.41) is 8.70. The summed E-state index contributed by atoms with van der Waals surface area (Å²) < 4.78 is 34.9. The second-order valence-corrected chi connectivity index (χ2v) is 10.1. The number of unbranched alkanes of at least 4 members (excludes halogenated alkanes) is 3. The Hall–Kier alpha value is -3.32. The highest BCUT2D eigenvalue weighted by molar-refractivity contribution is 7.92. The normalized spacial score (nSPS) is 11.2. The van der Waals surface area contributed by atoms with Crippen LogP contribution in [0.4, 0.5) is 5.69 Å². The molecule has 0 aromatic heterocycles. The molecule has 3 rings (SSSR count). The van der Waals surface area contributed by atoms with Crippen LogP contribution in [0.2, 0.25) is 0 Å². The van der Waals surface area contributed by atoms with Crippen molar-refractivity contribution in [3.8, 4) is 11.5 Å². The van der Waals surface area contributed by atoms with Gasteiger partial charge in [-0.15, -0.1) is 0 Å². The van der Waals surface area contributed by atoms with Gasteiger partial charge in [0.25, 0.3) is 10.0 Å². The van der Waals surface area contributed by atoms with Gasteiger partial charge in [-0.1, -0.05) is 43.2 Å². The zero-order valence-corrected chi connectivity index (χ0v) is 20.4. The van der Waals surface area contributed by atoms with E-state index in [2.05, 4.69) is 4.72 Å². The topological polar surface area (TPSA) is 92.7 Å². The van der Waals surface area contributed by atoms with Crippen LogP contribution in [0, 0.1) is 13.8 Å². The van der Waals surface area contributed by atoms with Gasteiger partial charge in [-0.25, -0.2) is 8.42 Å². The van der Waals surface area contributed by atoms with Gasteiger partial charge in [-0.2, -0.15) is 0 Å². The van der Waals surface area contributed by atoms with Crippen LogP contribution in [0.5, 0.6) is 11.5 Å². The van der Waals surface area contributed by atoms with Crippen LogP contribution in [0.25, 0.3) is 0 Å². The first-order valence-electron chi connectivity index (χ1n) is 11.4. The highest BCUT2D eigenvalue weighted by atomic mass is 32.2. The summed E-state index contributed by atoms with van der Waals surface area (Å²) in [5.41, 5.74) is 3.03. The number of sulfonamides is 1. The molecule has 0 aliphatic carbocycles. The lowest BCUT2D eigenvalue weighted by Crippen LogP contribution is -2.15. The quantitative estimate of drug-likeness (QED) is 0.289. The van der Waals surface area contributed by atoms with Gasteiger partial charge in [0.2, 0.25) is 0 Å². The summed E-state index contributed by atoms with van der Waals surface area (Å²) in [7, 11) is -3.76. The van der Waals surface area contributed by atoms with E-state index in [4.69, 9.17) is 9.84 Å². The van der Waals surface area contributed by atoms with Gasteiger partial charge >= 0.3 is 5.97 Å². The van der Waals surface area contributed by atoms with Crippen molar-refractivity contribution in [1.82, 2.24) is 0 Å². The SMILES string of the molecule is Cc1cc(Oc2ccccc2)cc(C)c1NS(=O)(=O)c1cccc(CCCCCCC(=O)O)c1. The van der Waals surface area contributed by atoms with E-state index >= 15 is 0 Å². The molecule has 3 aromatic carbocycles. The Morgan fingerprint density at radius 3 is 2.21 bits per heavy atom. The zero-order valence-electron chi connectivity index (χ0n) is 19.6. The van der Waals surface area contributed by atoms with Crippen molar-refractivity contribution in [2.45, 2.75) is 57.3 Å². The molecule has 7 heteroatoms. The van der Waals surface area contributed by atoms with Gasteiger partial charge in [0.15, 0.2) is 0 Å². The number of carboxylic acid groups (broad SMARTS) is 1. The lowest BCUT2D eigenvalue weighted by Gasteiger charge is -2.16. The average Bonchev–Trinajstić information content (AvgIpc) is 2.79. The molecular formula is C27H31NO5S. The van der Waals surface area contributed by atoms with Crippen LogP contribution in [-0.2, 0) is 21.2 Å². The number of nitrogens with one attached hydrogen (secondary N) is 1. The minimum Gasteiger partial charge on any atom is -0.481 e. The largest absolute Gasteiger partial charge is 0.481 e. The number of carbonyl (C=O) groups is 1. The molecule has 0 heterocycles. The third-order valence-electron chi connectivity index (χ3n) is 5.54. The minimum absolute atomic E-state index is 0.192. The van der Waals surface area contributed by atoms with E-state index in [0.29, 0.717) is 23.6 Å². The van der Waals surface area contributed by atoms with Crippen LogP contribution >= 0.6 is 0 Å². The molecule has 0 radical (unpaired) electrons. The Balaban J connectivity index is 1.66. The van der Waals surface area contributed by atoms with Gasteiger partial charge < -0.3 is 9.84 Å². The molecule has 0 amide bonds. The van der Waals surface area contributed by atoms with E-state index in [1.54, 1.807) is 18.2 Å². The maximum absolute atomic E-state index is 13.1. The zero-order chi connectivity index (χ0) is 24.6. The van der Waals surface area contributed by atoms with Gasteiger partial charge in [-0.05, 0) is 86.2 Å². The van der Waals surface area contributed by atoms with Crippen LogP contribution in [0.1, 0.15) is 48.8 Å². The number of ether oxygens (including phenoxy) is 1. The van der Waals surface area contributed by atoms with Crippen LogP contribution in [-0.4, -0.2) is 19.5 Å². The average molecular weight is 482 g/mol. The maximum atomic E-state index is 13.1. The highest BCUT2D eigenvalue weighted by Crippen LogP contribution is 2.31. The molecule has 180 valence electrons. The molecule has 0 atom stereocenters. The smallest absolute Gasteiger partial charge is 0.303 e. The van der Waals surface area contributed by atoms with Crippen molar-refractivity contribution >= 4 is 21.7 Å². The number of carboxylic acids is 1. The number of benzene rings is 3. The summed E-state index contributed by atoms with van der Waals surface area (Å²) in [4.78, 5) is 10.8. The Bertz CT molecular complexity index is 1200. The summed E-state index contributed by atoms with van der Waals surface area (Å²) in [6.07, 6.45) is 4.27. The minimum atomic E-state index is -3.76. The molecule has 34 heavy (non-hydrogen) atoms. The molecule has 0 unspecified atom stereocenters. The van der Waals surface area contributed by atoms with Crippen molar-refractivity contribution in [2.24, 2.45) is 0 Å². The fraction of sp³-hybridized carbons (Fsp3) is 0.296. The van der Waals surface area contributed by atoms with Gasteiger partial charge in [0.1, 0.15) is 11.5 Å². The van der Waals surface area contributed by atoms with Crippen molar-refractivity contribution in [2.75, 3.05) is 4.72 Å². The summed E-state index contributed by atoms with van der Waals surface area (Å²) >= 11 is 0. The summed E-state index contributed by atoms with van der Waals surface area (Å²) in [6, 6.07) is 20.0. The first kappa shape index (κ1) is 25.3. The lowest BCUT2D eigenvalue weighted by atomic mass is 10.1. The molecule has 3 aromatic rings. The van der Waals surface area contributed by atoms with E-state index in [1.165, 1.54) is 0 Å². The van der Waals surface area contributed by atoms with Crippen LogP contribution in [0.3, 0.4) is 0 Å². The van der Waals surface area contributed by atoms with E-state index in [1.807, 2.05) is 62.4 Å². The number of anilines is 1. The fourth-order valence-corrected chi connectivity index (χ4v) is 5.06. The predicted octanol–water partition coefficient (Wildman–Crippen LogP) is 6.47. The number of aryl methyl sites for hydroxylation is 3. The number of hydrogen-bond acceptors (Lipinski definition) is 4. The highest BCUT2D eigenvalue weighted by Gasteiger charge is 2.18. The van der Waals surface area contributed by atoms with E-state index in [9.17, 15) is 13.2 Å². The first-order chi connectivity index (χ1) is 16.2. The fourth-order valence-electron chi connectivity index (χ4n) is 3.79. The Labute approximate surface area is 201 Å². The molecule has 0 spiro atoms. The Morgan fingerprint density at radius 2 is 1.53 bits per heavy atom. The van der Waals surface area contributed by atoms with Crippen LogP contribution < -0.4 is 9.46 Å². The number of rotatable bonds is 12. The second kappa shape index (κ2) is 11.7. The summed E-state index contributed by atoms with van der Waals surface area (Å²) in [5.74, 6) is 0.595. The van der Waals surface area contributed by atoms with Gasteiger partial charge in [-0.3, -0.25) is 9.52 Å². The molecule has 0 bridgehead atoms. The Morgan fingerprint density at radius 1 is 0.853 bits per heavy atom. The standard InChI is InChI=1S/C27H31NO5S/c1-20-17-24(33-23-13-7-5-8-14-23)18-21(2)27(20)28-34(31,32)25-15-10-12-22(19-25)11-6-3-4-9-16-26(29)30/h5,7-8,10,12-15,17-19,28H,3-4,6,9,11,16H2,1-2H3,(H,29,30). The predicted molar refractivity (Wildman–Crippen MR) is 134 cm³/mol. The third-order valence-corrected chi connectivity index (χ3v) is 6.88.